The predicted molar refractivity (Wildman–Crippen MR) is 115 cm³/mol. The van der Waals surface area contributed by atoms with Crippen LogP contribution in [0.25, 0.3) is 11.1 Å². The lowest BCUT2D eigenvalue weighted by Crippen LogP contribution is -2.47. The first-order valence-corrected chi connectivity index (χ1v) is 11.3. The molecule has 1 saturated heterocycles. The van der Waals surface area contributed by atoms with Gasteiger partial charge in [0.2, 0.25) is 0 Å². The van der Waals surface area contributed by atoms with E-state index >= 15 is 0 Å². The fraction of sp³-hybridized carbons (Fsp3) is 0.375. The van der Waals surface area contributed by atoms with Crippen LogP contribution in [0.2, 0.25) is 0 Å². The Hall–Kier alpha value is -2.73. The highest BCUT2D eigenvalue weighted by molar-refractivity contribution is 7.10. The molecule has 5 rings (SSSR count). The van der Waals surface area contributed by atoms with Crippen molar-refractivity contribution in [2.75, 3.05) is 0 Å². The number of hydrogen-bond donors (Lipinski definition) is 1. The number of thiophene rings is 1. The van der Waals surface area contributed by atoms with Crippen molar-refractivity contribution in [1.29, 1.82) is 0 Å². The highest BCUT2D eigenvalue weighted by Crippen LogP contribution is 2.59. The average Bonchev–Trinajstić information content (AvgIpc) is 3.46. The van der Waals surface area contributed by atoms with Crippen molar-refractivity contribution in [2.45, 2.75) is 33.6 Å². The summed E-state index contributed by atoms with van der Waals surface area (Å²) >= 11 is 1.49. The van der Waals surface area contributed by atoms with Crippen LogP contribution in [0, 0.1) is 30.6 Å². The number of hydrazine groups is 1. The van der Waals surface area contributed by atoms with Gasteiger partial charge in [-0.25, -0.2) is 0 Å². The number of benzene rings is 1. The van der Waals surface area contributed by atoms with E-state index in [2.05, 4.69) is 19.3 Å². The summed E-state index contributed by atoms with van der Waals surface area (Å²) in [6.07, 6.45) is 1.91. The summed E-state index contributed by atoms with van der Waals surface area (Å²) in [4.78, 5) is 40.4. The summed E-state index contributed by atoms with van der Waals surface area (Å²) in [6, 6.07) is 9.71. The second kappa shape index (κ2) is 6.91. The van der Waals surface area contributed by atoms with Crippen molar-refractivity contribution in [1.82, 2.24) is 10.4 Å². The Morgan fingerprint density at radius 2 is 1.63 bits per heavy atom. The molecule has 1 N–H and O–H groups in total. The zero-order valence-corrected chi connectivity index (χ0v) is 18.1. The Morgan fingerprint density at radius 1 is 1.03 bits per heavy atom. The quantitative estimate of drug-likeness (QED) is 0.593. The molecule has 2 saturated carbocycles. The summed E-state index contributed by atoms with van der Waals surface area (Å²) in [6.45, 7) is 6.11. The Labute approximate surface area is 179 Å². The molecule has 5 nitrogen and oxygen atoms in total. The van der Waals surface area contributed by atoms with Gasteiger partial charge < -0.3 is 0 Å². The lowest BCUT2D eigenvalue weighted by molar-refractivity contribution is -0.143. The topological polar surface area (TPSA) is 66.5 Å². The molecule has 1 aromatic carbocycles. The molecule has 2 heterocycles. The fourth-order valence-electron chi connectivity index (χ4n) is 5.85. The summed E-state index contributed by atoms with van der Waals surface area (Å²) < 4.78 is 0. The molecule has 1 aromatic heterocycles. The predicted octanol–water partition coefficient (Wildman–Crippen LogP) is 4.35. The molecule has 154 valence electrons. The molecule has 0 radical (unpaired) electrons. The van der Waals surface area contributed by atoms with Gasteiger partial charge >= 0.3 is 0 Å². The zero-order valence-electron chi connectivity index (χ0n) is 17.3. The third kappa shape index (κ3) is 2.63. The van der Waals surface area contributed by atoms with Gasteiger partial charge in [0.15, 0.2) is 0 Å². The van der Waals surface area contributed by atoms with Crippen LogP contribution in [-0.2, 0) is 9.59 Å². The molecule has 0 unspecified atom stereocenters. The number of nitrogens with zero attached hydrogens (tertiary/aromatic N) is 1. The molecular formula is C24H24N2O3S. The first kappa shape index (κ1) is 19.2. The van der Waals surface area contributed by atoms with Gasteiger partial charge in [-0.05, 0) is 51.0 Å². The minimum absolute atomic E-state index is 0.145. The zero-order chi connectivity index (χ0) is 21.2. The van der Waals surface area contributed by atoms with E-state index in [1.807, 2.05) is 37.3 Å². The maximum absolute atomic E-state index is 13.2. The molecule has 4 atom stereocenters. The molecule has 2 aromatic rings. The van der Waals surface area contributed by atoms with E-state index in [1.54, 1.807) is 5.38 Å². The Bertz CT molecular complexity index is 1060. The standard InChI is InChI=1S/C24H24N2O3S/c1-12(2)18-15-9-10-16(18)21-20(15)23(28)26(24(21)29)25-22(27)17-11-30-13(3)19(17)14-7-5-4-6-8-14/h4-8,11,15-16,20-21H,9-10H2,1-3H3,(H,25,27)/t15-,16-,20-,21+/m1/s1. The van der Waals surface area contributed by atoms with Gasteiger partial charge in [-0.3, -0.25) is 19.8 Å². The van der Waals surface area contributed by atoms with E-state index in [0.29, 0.717) is 5.56 Å². The molecule has 2 aliphatic carbocycles. The molecular weight excluding hydrogens is 396 g/mol. The van der Waals surface area contributed by atoms with Crippen LogP contribution in [0.3, 0.4) is 0 Å². The van der Waals surface area contributed by atoms with Gasteiger partial charge in [0.25, 0.3) is 17.7 Å². The summed E-state index contributed by atoms with van der Waals surface area (Å²) in [5, 5.41) is 2.80. The van der Waals surface area contributed by atoms with E-state index in [0.717, 1.165) is 33.9 Å². The SMILES string of the molecule is CC(C)=C1[C@H]2CC[C@H]1[C@H]1C(=O)N(NC(=O)c3csc(C)c3-c3ccccc3)C(=O)[C@H]12. The van der Waals surface area contributed by atoms with E-state index in [1.165, 1.54) is 22.5 Å². The maximum atomic E-state index is 13.2. The molecule has 1 aliphatic heterocycles. The third-order valence-corrected chi connectivity index (χ3v) is 7.84. The first-order valence-electron chi connectivity index (χ1n) is 10.4. The number of amides is 3. The number of imide groups is 1. The third-order valence-electron chi connectivity index (χ3n) is 6.93. The number of carbonyl (C=O) groups is 3. The van der Waals surface area contributed by atoms with E-state index in [-0.39, 0.29) is 35.5 Å². The highest BCUT2D eigenvalue weighted by Gasteiger charge is 2.63. The van der Waals surface area contributed by atoms with Crippen LogP contribution >= 0.6 is 11.3 Å². The van der Waals surface area contributed by atoms with Crippen molar-refractivity contribution in [3.8, 4) is 11.1 Å². The van der Waals surface area contributed by atoms with E-state index in [4.69, 9.17) is 0 Å². The summed E-state index contributed by atoms with van der Waals surface area (Å²) in [5.74, 6) is -1.26. The van der Waals surface area contributed by atoms with Gasteiger partial charge in [0.1, 0.15) is 0 Å². The van der Waals surface area contributed by atoms with E-state index < -0.39 is 5.91 Å². The van der Waals surface area contributed by atoms with Gasteiger partial charge in [-0.15, -0.1) is 11.3 Å². The van der Waals surface area contributed by atoms with Gasteiger partial charge in [-0.1, -0.05) is 41.5 Å². The van der Waals surface area contributed by atoms with E-state index in [9.17, 15) is 14.4 Å². The highest BCUT2D eigenvalue weighted by atomic mass is 32.1. The molecule has 2 bridgehead atoms. The fourth-order valence-corrected chi connectivity index (χ4v) is 6.71. The van der Waals surface area contributed by atoms with Crippen LogP contribution < -0.4 is 5.43 Å². The van der Waals surface area contributed by atoms with Gasteiger partial charge in [0, 0.05) is 15.8 Å². The van der Waals surface area contributed by atoms with Crippen molar-refractivity contribution in [3.05, 3.63) is 57.3 Å². The first-order chi connectivity index (χ1) is 14.4. The minimum Gasteiger partial charge on any atom is -0.272 e. The lowest BCUT2D eigenvalue weighted by atomic mass is 9.81. The normalized spacial score (nSPS) is 27.0. The summed E-state index contributed by atoms with van der Waals surface area (Å²) in [5.41, 5.74) is 7.47. The number of rotatable bonds is 3. The van der Waals surface area contributed by atoms with Crippen molar-refractivity contribution in [3.63, 3.8) is 0 Å². The number of carbonyl (C=O) groups excluding carboxylic acids is 3. The van der Waals surface area contributed by atoms with Crippen molar-refractivity contribution < 1.29 is 14.4 Å². The van der Waals surface area contributed by atoms with Crippen LogP contribution in [-0.4, -0.2) is 22.7 Å². The average molecular weight is 421 g/mol. The second-order valence-corrected chi connectivity index (χ2v) is 9.78. The molecule has 3 fully saturated rings. The van der Waals surface area contributed by atoms with Crippen LogP contribution in [0.4, 0.5) is 0 Å². The molecule has 6 heteroatoms. The van der Waals surface area contributed by atoms with Gasteiger partial charge in [0.05, 0.1) is 17.4 Å². The molecule has 30 heavy (non-hydrogen) atoms. The Morgan fingerprint density at radius 3 is 2.20 bits per heavy atom. The smallest absolute Gasteiger partial charge is 0.271 e. The van der Waals surface area contributed by atoms with Crippen LogP contribution in [0.15, 0.2) is 46.9 Å². The van der Waals surface area contributed by atoms with Gasteiger partial charge in [-0.2, -0.15) is 5.01 Å². The molecule has 0 spiro atoms. The Kier molecular flexibility index (Phi) is 4.43. The Balaban J connectivity index is 1.43. The molecule has 3 aliphatic rings. The second-order valence-electron chi connectivity index (χ2n) is 8.70. The number of allylic oxidation sites excluding steroid dienone is 2. The van der Waals surface area contributed by atoms with Crippen molar-refractivity contribution >= 4 is 29.1 Å². The van der Waals surface area contributed by atoms with Crippen molar-refractivity contribution in [2.24, 2.45) is 23.7 Å². The largest absolute Gasteiger partial charge is 0.272 e. The number of aryl methyl sites for hydroxylation is 1. The minimum atomic E-state index is -0.408. The van der Waals surface area contributed by atoms with Crippen LogP contribution in [0.1, 0.15) is 41.9 Å². The maximum Gasteiger partial charge on any atom is 0.271 e. The number of nitrogens with one attached hydrogen (secondary N) is 1. The lowest BCUT2D eigenvalue weighted by Gasteiger charge is -2.19. The summed E-state index contributed by atoms with van der Waals surface area (Å²) in [7, 11) is 0. The number of hydrogen-bond acceptors (Lipinski definition) is 4. The molecule has 3 amide bonds. The van der Waals surface area contributed by atoms with Crippen LogP contribution in [0.5, 0.6) is 0 Å². The number of fused-ring (bicyclic) bond motifs is 5. The monoisotopic (exact) mass is 420 g/mol.